The molecule has 102 valence electrons. The van der Waals surface area contributed by atoms with Crippen LogP contribution in [0.2, 0.25) is 5.02 Å². The summed E-state index contributed by atoms with van der Waals surface area (Å²) in [5.41, 5.74) is 0.357. The first-order valence-corrected chi connectivity index (χ1v) is 6.71. The third kappa shape index (κ3) is 3.67. The molecular weight excluding hydrogens is 253 g/mol. The highest BCUT2D eigenvalue weighted by Crippen LogP contribution is 2.25. The van der Waals surface area contributed by atoms with Crippen LogP contribution in [0.5, 0.6) is 0 Å². The molecule has 1 rings (SSSR count). The Labute approximate surface area is 113 Å². The van der Waals surface area contributed by atoms with E-state index in [-0.39, 0.29) is 17.8 Å². The Morgan fingerprint density at radius 1 is 1.33 bits per heavy atom. The minimum absolute atomic E-state index is 0.127. The summed E-state index contributed by atoms with van der Waals surface area (Å²) in [6, 6.07) is 4.68. The van der Waals surface area contributed by atoms with Crippen LogP contribution in [0.4, 0.5) is 4.39 Å². The van der Waals surface area contributed by atoms with Gasteiger partial charge in [0.1, 0.15) is 5.82 Å². The van der Waals surface area contributed by atoms with Crippen LogP contribution in [0, 0.1) is 11.2 Å². The molecule has 0 radical (unpaired) electrons. The van der Waals surface area contributed by atoms with E-state index in [0.717, 1.165) is 12.8 Å². The van der Waals surface area contributed by atoms with Gasteiger partial charge < -0.3 is 10.4 Å². The highest BCUT2D eigenvalue weighted by Gasteiger charge is 2.24. The van der Waals surface area contributed by atoms with E-state index in [4.69, 9.17) is 11.6 Å². The summed E-state index contributed by atoms with van der Waals surface area (Å²) in [7, 11) is 0. The average Bonchev–Trinajstić information content (AvgIpc) is 2.38. The van der Waals surface area contributed by atoms with Gasteiger partial charge in [-0.3, -0.25) is 0 Å². The first-order chi connectivity index (χ1) is 8.58. The van der Waals surface area contributed by atoms with Crippen LogP contribution in [0.25, 0.3) is 0 Å². The predicted molar refractivity (Wildman–Crippen MR) is 73.2 cm³/mol. The second-order valence-corrected chi connectivity index (χ2v) is 5.08. The van der Waals surface area contributed by atoms with Crippen molar-refractivity contribution in [2.75, 3.05) is 13.2 Å². The zero-order chi connectivity index (χ0) is 13.6. The lowest BCUT2D eigenvalue weighted by Gasteiger charge is -2.29. The summed E-state index contributed by atoms with van der Waals surface area (Å²) in [6.07, 6.45) is 1.77. The summed E-state index contributed by atoms with van der Waals surface area (Å²) in [4.78, 5) is 0. The van der Waals surface area contributed by atoms with E-state index in [2.05, 4.69) is 19.2 Å². The summed E-state index contributed by atoms with van der Waals surface area (Å²) >= 11 is 5.95. The van der Waals surface area contributed by atoms with Crippen molar-refractivity contribution in [3.63, 3.8) is 0 Å². The molecule has 1 aromatic rings. The number of aliphatic hydroxyl groups excluding tert-OH is 1. The highest BCUT2D eigenvalue weighted by molar-refractivity contribution is 6.31. The number of hydrogen-bond acceptors (Lipinski definition) is 2. The molecule has 0 amide bonds. The molecule has 0 heterocycles. The van der Waals surface area contributed by atoms with E-state index in [1.165, 1.54) is 6.07 Å². The number of rotatable bonds is 7. The summed E-state index contributed by atoms with van der Waals surface area (Å²) in [6.45, 7) is 5.28. The van der Waals surface area contributed by atoms with Gasteiger partial charge in [0, 0.05) is 35.7 Å². The van der Waals surface area contributed by atoms with Gasteiger partial charge in [-0.2, -0.15) is 0 Å². The minimum Gasteiger partial charge on any atom is -0.396 e. The Hall–Kier alpha value is -0.640. The van der Waals surface area contributed by atoms with Crippen molar-refractivity contribution in [2.24, 2.45) is 5.41 Å². The number of hydrogen-bond donors (Lipinski definition) is 2. The third-order valence-electron chi connectivity index (χ3n) is 3.70. The predicted octanol–water partition coefficient (Wildman–Crippen LogP) is 3.37. The van der Waals surface area contributed by atoms with E-state index in [9.17, 15) is 9.50 Å². The molecule has 4 heteroatoms. The maximum absolute atomic E-state index is 13.5. The number of halogens is 2. The maximum atomic E-state index is 13.5. The van der Waals surface area contributed by atoms with E-state index in [1.54, 1.807) is 12.1 Å². The third-order valence-corrected chi connectivity index (χ3v) is 4.05. The van der Waals surface area contributed by atoms with Crippen LogP contribution in [-0.4, -0.2) is 18.3 Å². The van der Waals surface area contributed by atoms with Crippen molar-refractivity contribution < 1.29 is 9.50 Å². The minimum atomic E-state index is -0.294. The summed E-state index contributed by atoms with van der Waals surface area (Å²) in [5.74, 6) is -0.294. The molecule has 0 unspecified atom stereocenters. The molecule has 0 fully saturated rings. The van der Waals surface area contributed by atoms with Gasteiger partial charge in [0.25, 0.3) is 0 Å². The first-order valence-electron chi connectivity index (χ1n) is 6.33. The van der Waals surface area contributed by atoms with Gasteiger partial charge in [-0.1, -0.05) is 31.5 Å². The number of nitrogens with one attached hydrogen (secondary N) is 1. The topological polar surface area (TPSA) is 32.3 Å². The fourth-order valence-electron chi connectivity index (χ4n) is 1.93. The van der Waals surface area contributed by atoms with Gasteiger partial charge in [0.05, 0.1) is 0 Å². The zero-order valence-electron chi connectivity index (χ0n) is 11.0. The number of aliphatic hydroxyl groups is 1. The molecule has 18 heavy (non-hydrogen) atoms. The van der Waals surface area contributed by atoms with Crippen LogP contribution in [0.1, 0.15) is 32.3 Å². The Morgan fingerprint density at radius 3 is 2.50 bits per heavy atom. The van der Waals surface area contributed by atoms with Crippen LogP contribution in [0.3, 0.4) is 0 Å². The van der Waals surface area contributed by atoms with Crippen LogP contribution in [0.15, 0.2) is 18.2 Å². The van der Waals surface area contributed by atoms with Gasteiger partial charge in [0.15, 0.2) is 0 Å². The quantitative estimate of drug-likeness (QED) is 0.798. The molecule has 0 aliphatic heterocycles. The maximum Gasteiger partial charge on any atom is 0.129 e. The van der Waals surface area contributed by atoms with Gasteiger partial charge in [-0.25, -0.2) is 4.39 Å². The molecule has 0 bridgehead atoms. The molecule has 0 spiro atoms. The Morgan fingerprint density at radius 2 is 2.00 bits per heavy atom. The standard InChI is InChI=1S/C14H21ClFNO/c1-3-14(4-2,10-18)9-17-8-11-12(15)6-5-7-13(11)16/h5-7,17-18H,3-4,8-10H2,1-2H3. The Kier molecular flexibility index (Phi) is 6.06. The molecule has 0 aliphatic carbocycles. The van der Waals surface area contributed by atoms with Gasteiger partial charge >= 0.3 is 0 Å². The molecular formula is C14H21ClFNO. The van der Waals surface area contributed by atoms with Crippen molar-refractivity contribution in [1.29, 1.82) is 0 Å². The lowest BCUT2D eigenvalue weighted by Crippen LogP contribution is -2.36. The normalized spacial score (nSPS) is 11.8. The first kappa shape index (κ1) is 15.4. The highest BCUT2D eigenvalue weighted by atomic mass is 35.5. The van der Waals surface area contributed by atoms with Gasteiger partial charge in [-0.05, 0) is 25.0 Å². The fourth-order valence-corrected chi connectivity index (χ4v) is 2.16. The summed E-state index contributed by atoms with van der Waals surface area (Å²) < 4.78 is 13.5. The van der Waals surface area contributed by atoms with E-state index < -0.39 is 0 Å². The van der Waals surface area contributed by atoms with E-state index >= 15 is 0 Å². The monoisotopic (exact) mass is 273 g/mol. The van der Waals surface area contributed by atoms with Crippen LogP contribution < -0.4 is 5.32 Å². The molecule has 2 nitrogen and oxygen atoms in total. The second-order valence-electron chi connectivity index (χ2n) is 4.67. The fraction of sp³-hybridized carbons (Fsp3) is 0.571. The van der Waals surface area contributed by atoms with Crippen molar-refractivity contribution >= 4 is 11.6 Å². The molecule has 0 aromatic heterocycles. The van der Waals surface area contributed by atoms with Crippen molar-refractivity contribution in [1.82, 2.24) is 5.32 Å². The summed E-state index contributed by atoms with van der Waals surface area (Å²) in [5, 5.41) is 13.1. The lowest BCUT2D eigenvalue weighted by atomic mass is 9.83. The zero-order valence-corrected chi connectivity index (χ0v) is 11.7. The molecule has 0 saturated heterocycles. The molecule has 2 N–H and O–H groups in total. The second kappa shape index (κ2) is 7.07. The van der Waals surface area contributed by atoms with Crippen molar-refractivity contribution in [2.45, 2.75) is 33.2 Å². The molecule has 0 aliphatic rings. The Bertz CT molecular complexity index is 352. The van der Waals surface area contributed by atoms with Gasteiger partial charge in [-0.15, -0.1) is 0 Å². The lowest BCUT2D eigenvalue weighted by molar-refractivity contribution is 0.113. The SMILES string of the molecule is CCC(CC)(CO)CNCc1c(F)cccc1Cl. The van der Waals surface area contributed by atoms with Crippen LogP contribution >= 0.6 is 11.6 Å². The van der Waals surface area contributed by atoms with Gasteiger partial charge in [0.2, 0.25) is 0 Å². The molecule has 1 aromatic carbocycles. The van der Waals surface area contributed by atoms with Crippen LogP contribution in [-0.2, 0) is 6.54 Å². The molecule has 0 saturated carbocycles. The smallest absolute Gasteiger partial charge is 0.129 e. The van der Waals surface area contributed by atoms with Crippen molar-refractivity contribution in [3.8, 4) is 0 Å². The number of benzene rings is 1. The average molecular weight is 274 g/mol. The van der Waals surface area contributed by atoms with E-state index in [0.29, 0.717) is 23.7 Å². The van der Waals surface area contributed by atoms with Crippen molar-refractivity contribution in [3.05, 3.63) is 34.6 Å². The largest absolute Gasteiger partial charge is 0.396 e. The molecule has 0 atom stereocenters. The van der Waals surface area contributed by atoms with E-state index in [1.807, 2.05) is 0 Å². The Balaban J connectivity index is 2.61.